The molecule has 1 atom stereocenters. The molecule has 0 aliphatic heterocycles. The van der Waals surface area contributed by atoms with Crippen molar-refractivity contribution < 1.29 is 14.4 Å². The molecule has 7 heteroatoms. The van der Waals surface area contributed by atoms with E-state index in [-0.39, 0.29) is 12.3 Å². The highest BCUT2D eigenvalue weighted by atomic mass is 16.2. The molecule has 1 aromatic carbocycles. The largest absolute Gasteiger partial charge is 0.370 e. The average molecular weight is 306 g/mol. The third-order valence-corrected chi connectivity index (χ3v) is 3.21. The second kappa shape index (κ2) is 8.14. The topological polar surface area (TPSA) is 119 Å². The SMILES string of the molecule is CCN(CC)C(=O)c1ccc(NC(=O)C(N)CC(N)=O)cc1. The number of hydrogen-bond acceptors (Lipinski definition) is 4. The van der Waals surface area contributed by atoms with Gasteiger partial charge in [0.1, 0.15) is 0 Å². The average Bonchev–Trinajstić information content (AvgIpc) is 2.48. The summed E-state index contributed by atoms with van der Waals surface area (Å²) in [5.41, 5.74) is 11.6. The Balaban J connectivity index is 2.71. The van der Waals surface area contributed by atoms with Crippen molar-refractivity contribution in [3.63, 3.8) is 0 Å². The number of carbonyl (C=O) groups is 3. The Morgan fingerprint density at radius 2 is 1.68 bits per heavy atom. The second-order valence-corrected chi connectivity index (χ2v) is 4.82. The van der Waals surface area contributed by atoms with E-state index in [9.17, 15) is 14.4 Å². The van der Waals surface area contributed by atoms with Gasteiger partial charge in [-0.1, -0.05) is 0 Å². The lowest BCUT2D eigenvalue weighted by atomic mass is 10.1. The fourth-order valence-electron chi connectivity index (χ4n) is 1.93. The number of nitrogens with two attached hydrogens (primary N) is 2. The van der Waals surface area contributed by atoms with Crippen LogP contribution in [0.25, 0.3) is 0 Å². The maximum absolute atomic E-state index is 12.1. The first-order valence-electron chi connectivity index (χ1n) is 7.13. The number of carbonyl (C=O) groups excluding carboxylic acids is 3. The maximum atomic E-state index is 12.1. The maximum Gasteiger partial charge on any atom is 0.253 e. The molecule has 7 nitrogen and oxygen atoms in total. The summed E-state index contributed by atoms with van der Waals surface area (Å²) in [5, 5.41) is 2.57. The number of anilines is 1. The molecular formula is C15H22N4O3. The lowest BCUT2D eigenvalue weighted by Gasteiger charge is -2.18. The number of hydrogen-bond donors (Lipinski definition) is 3. The van der Waals surface area contributed by atoms with Crippen molar-refractivity contribution in [3.8, 4) is 0 Å². The normalized spacial score (nSPS) is 11.6. The lowest BCUT2D eigenvalue weighted by molar-refractivity contribution is -0.123. The number of nitrogens with one attached hydrogen (secondary N) is 1. The summed E-state index contributed by atoms with van der Waals surface area (Å²) in [6.07, 6.45) is -0.218. The van der Waals surface area contributed by atoms with Crippen molar-refractivity contribution in [2.75, 3.05) is 18.4 Å². The quantitative estimate of drug-likeness (QED) is 0.671. The van der Waals surface area contributed by atoms with Crippen LogP contribution in [0, 0.1) is 0 Å². The van der Waals surface area contributed by atoms with E-state index in [1.165, 1.54) is 0 Å². The van der Waals surface area contributed by atoms with Crippen LogP contribution in [0.1, 0.15) is 30.6 Å². The van der Waals surface area contributed by atoms with Crippen molar-refractivity contribution >= 4 is 23.4 Å². The van der Waals surface area contributed by atoms with Gasteiger partial charge in [-0.05, 0) is 38.1 Å². The Bertz CT molecular complexity index is 538. The zero-order valence-electron chi connectivity index (χ0n) is 12.8. The number of benzene rings is 1. The molecule has 0 aliphatic carbocycles. The number of nitrogens with zero attached hydrogens (tertiary/aromatic N) is 1. The Hall–Kier alpha value is -2.41. The number of rotatable bonds is 7. The molecule has 1 rings (SSSR count). The van der Waals surface area contributed by atoms with Crippen LogP contribution in [-0.2, 0) is 9.59 Å². The van der Waals surface area contributed by atoms with Crippen molar-refractivity contribution in [2.45, 2.75) is 26.3 Å². The standard InChI is InChI=1S/C15H22N4O3/c1-3-19(4-2)15(22)10-5-7-11(8-6-10)18-14(21)12(16)9-13(17)20/h5-8,12H,3-4,9,16H2,1-2H3,(H2,17,20)(H,18,21). The van der Waals surface area contributed by atoms with Gasteiger partial charge in [-0.25, -0.2) is 0 Å². The Morgan fingerprint density at radius 3 is 2.14 bits per heavy atom. The van der Waals surface area contributed by atoms with E-state index < -0.39 is 17.9 Å². The summed E-state index contributed by atoms with van der Waals surface area (Å²) in [4.78, 5) is 36.3. The van der Waals surface area contributed by atoms with Gasteiger partial charge < -0.3 is 21.7 Å². The first kappa shape index (κ1) is 17.6. The van der Waals surface area contributed by atoms with Gasteiger partial charge in [0.25, 0.3) is 5.91 Å². The molecule has 0 spiro atoms. The van der Waals surface area contributed by atoms with E-state index >= 15 is 0 Å². The van der Waals surface area contributed by atoms with Crippen LogP contribution in [0.3, 0.4) is 0 Å². The van der Waals surface area contributed by atoms with Crippen LogP contribution in [0.4, 0.5) is 5.69 Å². The van der Waals surface area contributed by atoms with Gasteiger partial charge in [0.05, 0.1) is 12.5 Å². The molecule has 5 N–H and O–H groups in total. The highest BCUT2D eigenvalue weighted by Gasteiger charge is 2.16. The summed E-state index contributed by atoms with van der Waals surface area (Å²) in [5.74, 6) is -1.20. The van der Waals surface area contributed by atoms with Crippen molar-refractivity contribution in [1.29, 1.82) is 0 Å². The molecule has 0 saturated heterocycles. The second-order valence-electron chi connectivity index (χ2n) is 4.82. The van der Waals surface area contributed by atoms with Crippen LogP contribution >= 0.6 is 0 Å². The summed E-state index contributed by atoms with van der Waals surface area (Å²) in [6.45, 7) is 5.10. The van der Waals surface area contributed by atoms with E-state index in [0.29, 0.717) is 24.3 Å². The predicted molar refractivity (Wildman–Crippen MR) is 84.1 cm³/mol. The zero-order valence-corrected chi connectivity index (χ0v) is 12.8. The number of amides is 3. The minimum atomic E-state index is -0.991. The summed E-state index contributed by atoms with van der Waals surface area (Å²) in [6, 6.07) is 5.51. The molecule has 0 fully saturated rings. The van der Waals surface area contributed by atoms with Crippen LogP contribution in [0.15, 0.2) is 24.3 Å². The van der Waals surface area contributed by atoms with Crippen LogP contribution in [0.5, 0.6) is 0 Å². The molecule has 0 aliphatic rings. The van der Waals surface area contributed by atoms with E-state index in [1.807, 2.05) is 13.8 Å². The molecule has 0 bridgehead atoms. The third-order valence-electron chi connectivity index (χ3n) is 3.21. The Kier molecular flexibility index (Phi) is 6.52. The lowest BCUT2D eigenvalue weighted by Crippen LogP contribution is -2.39. The third kappa shape index (κ3) is 4.85. The smallest absolute Gasteiger partial charge is 0.253 e. The highest BCUT2D eigenvalue weighted by Crippen LogP contribution is 2.12. The van der Waals surface area contributed by atoms with Gasteiger partial charge in [0.15, 0.2) is 0 Å². The minimum Gasteiger partial charge on any atom is -0.370 e. The summed E-state index contributed by atoms with van der Waals surface area (Å²) < 4.78 is 0. The summed E-state index contributed by atoms with van der Waals surface area (Å²) in [7, 11) is 0. The molecule has 1 aromatic rings. The molecule has 0 radical (unpaired) electrons. The molecule has 0 saturated carbocycles. The van der Waals surface area contributed by atoms with Crippen LogP contribution in [0.2, 0.25) is 0 Å². The molecule has 0 heterocycles. The zero-order chi connectivity index (χ0) is 16.7. The molecular weight excluding hydrogens is 284 g/mol. The fraction of sp³-hybridized carbons (Fsp3) is 0.400. The van der Waals surface area contributed by atoms with E-state index in [1.54, 1.807) is 29.2 Å². The Morgan fingerprint density at radius 1 is 1.14 bits per heavy atom. The predicted octanol–water partition coefficient (Wildman–Crippen LogP) is 0.310. The van der Waals surface area contributed by atoms with Gasteiger partial charge in [0.2, 0.25) is 11.8 Å². The van der Waals surface area contributed by atoms with E-state index in [4.69, 9.17) is 11.5 Å². The van der Waals surface area contributed by atoms with Gasteiger partial charge in [-0.2, -0.15) is 0 Å². The van der Waals surface area contributed by atoms with Crippen LogP contribution in [-0.4, -0.2) is 41.8 Å². The number of primary amides is 1. The van der Waals surface area contributed by atoms with E-state index in [0.717, 1.165) is 0 Å². The molecule has 1 unspecified atom stereocenters. The van der Waals surface area contributed by atoms with Crippen molar-refractivity contribution in [2.24, 2.45) is 11.5 Å². The molecule has 0 aromatic heterocycles. The first-order valence-corrected chi connectivity index (χ1v) is 7.13. The van der Waals surface area contributed by atoms with Gasteiger partial charge in [-0.15, -0.1) is 0 Å². The fourth-order valence-corrected chi connectivity index (χ4v) is 1.93. The van der Waals surface area contributed by atoms with Crippen LogP contribution < -0.4 is 16.8 Å². The Labute approximate surface area is 129 Å². The van der Waals surface area contributed by atoms with Crippen molar-refractivity contribution in [3.05, 3.63) is 29.8 Å². The van der Waals surface area contributed by atoms with E-state index in [2.05, 4.69) is 5.32 Å². The monoisotopic (exact) mass is 306 g/mol. The first-order chi connectivity index (χ1) is 10.4. The summed E-state index contributed by atoms with van der Waals surface area (Å²) >= 11 is 0. The highest BCUT2D eigenvalue weighted by molar-refractivity contribution is 5.98. The van der Waals surface area contributed by atoms with Gasteiger partial charge in [-0.3, -0.25) is 14.4 Å². The molecule has 3 amide bonds. The van der Waals surface area contributed by atoms with Crippen molar-refractivity contribution in [1.82, 2.24) is 4.90 Å². The minimum absolute atomic E-state index is 0.0618. The molecule has 120 valence electrons. The van der Waals surface area contributed by atoms with Gasteiger partial charge in [0, 0.05) is 24.3 Å². The molecule has 22 heavy (non-hydrogen) atoms. The van der Waals surface area contributed by atoms with Gasteiger partial charge >= 0.3 is 0 Å².